The van der Waals surface area contributed by atoms with Crippen molar-refractivity contribution >= 4 is 11.9 Å². The van der Waals surface area contributed by atoms with Crippen molar-refractivity contribution < 1.29 is 24.2 Å². The summed E-state index contributed by atoms with van der Waals surface area (Å²) < 4.78 is 10.2. The van der Waals surface area contributed by atoms with Crippen LogP contribution < -0.4 is 0 Å². The van der Waals surface area contributed by atoms with E-state index in [1.807, 2.05) is 6.07 Å². The highest BCUT2D eigenvalue weighted by molar-refractivity contribution is 5.82. The molecule has 0 bridgehead atoms. The summed E-state index contributed by atoms with van der Waals surface area (Å²) in [5.74, 6) is -1.01. The van der Waals surface area contributed by atoms with Crippen molar-refractivity contribution in [1.29, 1.82) is 0 Å². The van der Waals surface area contributed by atoms with Crippen LogP contribution in [0.25, 0.3) is 0 Å². The van der Waals surface area contributed by atoms with Crippen LogP contribution in [0, 0.1) is 0 Å². The van der Waals surface area contributed by atoms with E-state index in [0.29, 0.717) is 12.0 Å². The minimum Gasteiger partial charge on any atom is -0.456 e. The first-order valence-electron chi connectivity index (χ1n) is 6.35. The predicted octanol–water partition coefficient (Wildman–Crippen LogP) is 1.52. The topological polar surface area (TPSA) is 72.8 Å². The smallest absolute Gasteiger partial charge is 0.330 e. The van der Waals surface area contributed by atoms with E-state index in [0.717, 1.165) is 0 Å². The van der Waals surface area contributed by atoms with Gasteiger partial charge in [0.25, 0.3) is 0 Å². The molecule has 0 fully saturated rings. The first kappa shape index (κ1) is 14.3. The highest BCUT2D eigenvalue weighted by Crippen LogP contribution is 2.27. The number of benzene rings is 1. The second-order valence-electron chi connectivity index (χ2n) is 4.54. The first-order chi connectivity index (χ1) is 9.58. The van der Waals surface area contributed by atoms with E-state index in [9.17, 15) is 14.7 Å². The third kappa shape index (κ3) is 3.45. The molecule has 0 saturated carbocycles. The number of cyclic esters (lactones) is 1. The molecule has 0 aromatic heterocycles. The SMILES string of the molecule is CC(=O)O[C@H](c1ccccc1)[C@@H](O)[C@H]1CC=CC(=O)O1. The van der Waals surface area contributed by atoms with Gasteiger partial charge in [-0.1, -0.05) is 36.4 Å². The van der Waals surface area contributed by atoms with E-state index >= 15 is 0 Å². The van der Waals surface area contributed by atoms with Gasteiger partial charge in [0.15, 0.2) is 6.10 Å². The van der Waals surface area contributed by atoms with Gasteiger partial charge >= 0.3 is 11.9 Å². The van der Waals surface area contributed by atoms with Crippen molar-refractivity contribution in [3.63, 3.8) is 0 Å². The van der Waals surface area contributed by atoms with Gasteiger partial charge in [-0.15, -0.1) is 0 Å². The van der Waals surface area contributed by atoms with Crippen LogP contribution in [0.3, 0.4) is 0 Å². The van der Waals surface area contributed by atoms with Crippen molar-refractivity contribution in [3.8, 4) is 0 Å². The van der Waals surface area contributed by atoms with E-state index in [2.05, 4.69) is 0 Å². The summed E-state index contributed by atoms with van der Waals surface area (Å²) in [4.78, 5) is 22.5. The Hall–Kier alpha value is -2.14. The molecule has 0 amide bonds. The average molecular weight is 276 g/mol. The molecule has 0 unspecified atom stereocenters. The zero-order valence-corrected chi connectivity index (χ0v) is 11.1. The maximum Gasteiger partial charge on any atom is 0.330 e. The average Bonchev–Trinajstić information content (AvgIpc) is 2.45. The molecule has 1 heterocycles. The Morgan fingerprint density at radius 2 is 2.10 bits per heavy atom. The summed E-state index contributed by atoms with van der Waals surface area (Å²) >= 11 is 0. The Bertz CT molecular complexity index is 508. The Labute approximate surface area is 116 Å². The molecule has 0 aliphatic carbocycles. The van der Waals surface area contributed by atoms with Crippen molar-refractivity contribution in [2.75, 3.05) is 0 Å². The molecule has 5 nitrogen and oxygen atoms in total. The van der Waals surface area contributed by atoms with Crippen LogP contribution in [0.15, 0.2) is 42.5 Å². The molecule has 1 aliphatic rings. The summed E-state index contributed by atoms with van der Waals surface area (Å²) in [6.45, 7) is 1.27. The summed E-state index contributed by atoms with van der Waals surface area (Å²) in [7, 11) is 0. The number of ether oxygens (including phenoxy) is 2. The molecular weight excluding hydrogens is 260 g/mol. The second-order valence-corrected chi connectivity index (χ2v) is 4.54. The summed E-state index contributed by atoms with van der Waals surface area (Å²) in [6, 6.07) is 8.88. The Morgan fingerprint density at radius 1 is 1.40 bits per heavy atom. The van der Waals surface area contributed by atoms with E-state index in [1.54, 1.807) is 30.3 Å². The molecule has 5 heteroatoms. The lowest BCUT2D eigenvalue weighted by molar-refractivity contribution is -0.167. The van der Waals surface area contributed by atoms with Gasteiger partial charge in [0.2, 0.25) is 0 Å². The minimum absolute atomic E-state index is 0.386. The van der Waals surface area contributed by atoms with E-state index in [-0.39, 0.29) is 0 Å². The molecule has 2 rings (SSSR count). The molecule has 106 valence electrons. The molecule has 1 aromatic rings. The fourth-order valence-corrected chi connectivity index (χ4v) is 2.10. The van der Waals surface area contributed by atoms with Crippen LogP contribution in [0.1, 0.15) is 25.0 Å². The Balaban J connectivity index is 2.20. The number of aliphatic hydroxyl groups is 1. The van der Waals surface area contributed by atoms with Gasteiger partial charge in [-0.2, -0.15) is 0 Å². The predicted molar refractivity (Wildman–Crippen MR) is 70.6 cm³/mol. The number of hydrogen-bond donors (Lipinski definition) is 1. The lowest BCUT2D eigenvalue weighted by Crippen LogP contribution is -2.38. The second kappa shape index (κ2) is 6.34. The molecule has 3 atom stereocenters. The molecule has 1 aliphatic heterocycles. The van der Waals surface area contributed by atoms with Gasteiger partial charge < -0.3 is 14.6 Å². The maximum atomic E-state index is 11.2. The largest absolute Gasteiger partial charge is 0.456 e. The van der Waals surface area contributed by atoms with Gasteiger partial charge in [0.1, 0.15) is 12.2 Å². The first-order valence-corrected chi connectivity index (χ1v) is 6.35. The van der Waals surface area contributed by atoms with Crippen molar-refractivity contribution in [2.24, 2.45) is 0 Å². The lowest BCUT2D eigenvalue weighted by atomic mass is 9.97. The highest BCUT2D eigenvalue weighted by Gasteiger charge is 2.34. The summed E-state index contributed by atoms with van der Waals surface area (Å²) in [5, 5.41) is 10.4. The molecule has 1 aromatic carbocycles. The quantitative estimate of drug-likeness (QED) is 0.844. The molecule has 0 radical (unpaired) electrons. The highest BCUT2D eigenvalue weighted by atomic mass is 16.6. The van der Waals surface area contributed by atoms with Crippen LogP contribution >= 0.6 is 0 Å². The van der Waals surface area contributed by atoms with Gasteiger partial charge in [0.05, 0.1) is 0 Å². The van der Waals surface area contributed by atoms with E-state index < -0.39 is 30.3 Å². The van der Waals surface area contributed by atoms with Crippen LogP contribution in [-0.4, -0.2) is 29.3 Å². The number of hydrogen-bond acceptors (Lipinski definition) is 5. The molecule has 0 saturated heterocycles. The molecular formula is C15H16O5. The number of esters is 2. The third-order valence-electron chi connectivity index (χ3n) is 3.00. The zero-order valence-electron chi connectivity index (χ0n) is 11.1. The van der Waals surface area contributed by atoms with Crippen LogP contribution in [-0.2, 0) is 19.1 Å². The fraction of sp³-hybridized carbons (Fsp3) is 0.333. The fourth-order valence-electron chi connectivity index (χ4n) is 2.10. The maximum absolute atomic E-state index is 11.2. The van der Waals surface area contributed by atoms with E-state index in [1.165, 1.54) is 13.0 Å². The Morgan fingerprint density at radius 3 is 2.70 bits per heavy atom. The molecule has 1 N–H and O–H groups in total. The standard InChI is InChI=1S/C15H16O5/c1-10(16)19-15(11-6-3-2-4-7-11)14(18)12-8-5-9-13(17)20-12/h2-7,9,12,14-15,18H,8H2,1H3/t12-,14+,15-/m1/s1. The summed E-state index contributed by atoms with van der Waals surface area (Å²) in [5.41, 5.74) is 0.654. The van der Waals surface area contributed by atoms with Crippen LogP contribution in [0.5, 0.6) is 0 Å². The monoisotopic (exact) mass is 276 g/mol. The van der Waals surface area contributed by atoms with Crippen molar-refractivity contribution in [3.05, 3.63) is 48.0 Å². The molecule has 0 spiro atoms. The number of rotatable bonds is 4. The number of carbonyl (C=O) groups excluding carboxylic acids is 2. The molecule has 20 heavy (non-hydrogen) atoms. The van der Waals surface area contributed by atoms with Crippen LogP contribution in [0.2, 0.25) is 0 Å². The number of aliphatic hydroxyl groups excluding tert-OH is 1. The number of carbonyl (C=O) groups is 2. The van der Waals surface area contributed by atoms with Gasteiger partial charge in [-0.05, 0) is 5.56 Å². The Kier molecular flexibility index (Phi) is 4.53. The third-order valence-corrected chi connectivity index (χ3v) is 3.00. The van der Waals surface area contributed by atoms with Gasteiger partial charge in [0, 0.05) is 19.4 Å². The minimum atomic E-state index is -1.12. The normalized spacial score (nSPS) is 20.9. The van der Waals surface area contributed by atoms with Crippen LogP contribution in [0.4, 0.5) is 0 Å². The van der Waals surface area contributed by atoms with Crippen molar-refractivity contribution in [1.82, 2.24) is 0 Å². The van der Waals surface area contributed by atoms with Gasteiger partial charge in [-0.25, -0.2) is 4.79 Å². The zero-order chi connectivity index (χ0) is 14.5. The van der Waals surface area contributed by atoms with Crippen molar-refractivity contribution in [2.45, 2.75) is 31.7 Å². The van der Waals surface area contributed by atoms with Gasteiger partial charge in [-0.3, -0.25) is 4.79 Å². The summed E-state index contributed by atoms with van der Waals surface area (Å²) in [6.07, 6.45) is 0.629. The van der Waals surface area contributed by atoms with E-state index in [4.69, 9.17) is 9.47 Å². The lowest BCUT2D eigenvalue weighted by Gasteiger charge is -2.30.